The van der Waals surface area contributed by atoms with Crippen molar-refractivity contribution < 1.29 is 13.7 Å². The van der Waals surface area contributed by atoms with E-state index >= 15 is 0 Å². The molecule has 1 aliphatic rings. The second-order valence-corrected chi connectivity index (χ2v) is 5.78. The van der Waals surface area contributed by atoms with Crippen LogP contribution < -0.4 is 10.9 Å². The zero-order valence-corrected chi connectivity index (χ0v) is 12.1. The molecule has 6 heteroatoms. The maximum absolute atomic E-state index is 13.9. The molecule has 1 aliphatic heterocycles. The largest absolute Gasteiger partial charge is 0.514 e. The van der Waals surface area contributed by atoms with Crippen LogP contribution >= 0.6 is 0 Å². The number of pyridine rings is 1. The van der Waals surface area contributed by atoms with E-state index in [2.05, 4.69) is 10.3 Å². The third-order valence-corrected chi connectivity index (χ3v) is 3.86. The molecule has 0 saturated carbocycles. The van der Waals surface area contributed by atoms with Crippen molar-refractivity contribution in [3.8, 4) is 0 Å². The van der Waals surface area contributed by atoms with Gasteiger partial charge in [-0.15, -0.1) is 0 Å². The summed E-state index contributed by atoms with van der Waals surface area (Å²) in [4.78, 5) is 4.24. The van der Waals surface area contributed by atoms with Crippen molar-refractivity contribution >= 4 is 12.7 Å². The molecular weight excluding hydrogens is 246 g/mol. The van der Waals surface area contributed by atoms with Gasteiger partial charge in [0, 0.05) is 18.3 Å². The second kappa shape index (κ2) is 4.85. The summed E-state index contributed by atoms with van der Waals surface area (Å²) in [5.41, 5.74) is 0.0852. The van der Waals surface area contributed by atoms with Crippen molar-refractivity contribution in [2.75, 3.05) is 7.05 Å². The maximum Gasteiger partial charge on any atom is 0.514 e. The first kappa shape index (κ1) is 14.4. The lowest BCUT2D eigenvalue weighted by Gasteiger charge is -2.32. The molecule has 1 aromatic heterocycles. The number of hydrogen-bond acceptors (Lipinski definition) is 4. The quantitative estimate of drug-likeness (QED) is 0.836. The first-order valence-corrected chi connectivity index (χ1v) is 6.42. The molecule has 0 radical (unpaired) electrons. The van der Waals surface area contributed by atoms with E-state index in [-0.39, 0.29) is 5.82 Å². The van der Waals surface area contributed by atoms with Crippen LogP contribution in [0.3, 0.4) is 0 Å². The molecule has 1 fully saturated rings. The molecule has 0 aliphatic carbocycles. The number of rotatable bonds is 3. The first-order chi connectivity index (χ1) is 8.78. The second-order valence-electron chi connectivity index (χ2n) is 5.78. The lowest BCUT2D eigenvalue weighted by molar-refractivity contribution is 0.00578. The summed E-state index contributed by atoms with van der Waals surface area (Å²) in [5, 5.41) is 2.94. The number of nitrogens with one attached hydrogen (secondary N) is 1. The van der Waals surface area contributed by atoms with Crippen molar-refractivity contribution in [3.63, 3.8) is 0 Å². The molecule has 0 aromatic carbocycles. The minimum atomic E-state index is -0.635. The average Bonchev–Trinajstić information content (AvgIpc) is 2.51. The minimum absolute atomic E-state index is 0.297. The highest BCUT2D eigenvalue weighted by Gasteiger charge is 2.53. The third-order valence-electron chi connectivity index (χ3n) is 3.86. The summed E-state index contributed by atoms with van der Waals surface area (Å²) < 4.78 is 25.7. The van der Waals surface area contributed by atoms with Crippen molar-refractivity contribution in [1.29, 1.82) is 0 Å². The molecule has 0 spiro atoms. The molecule has 104 valence electrons. The summed E-state index contributed by atoms with van der Waals surface area (Å²) >= 11 is 0. The Bertz CT molecular complexity index is 464. The Hall–Kier alpha value is -0.975. The summed E-state index contributed by atoms with van der Waals surface area (Å²) in [6, 6.07) is 1.35. The zero-order chi connectivity index (χ0) is 14.3. The van der Waals surface area contributed by atoms with Crippen LogP contribution in [-0.4, -0.2) is 30.4 Å². The van der Waals surface area contributed by atoms with E-state index in [0.29, 0.717) is 17.7 Å². The highest BCUT2D eigenvalue weighted by molar-refractivity contribution is 6.61. The summed E-state index contributed by atoms with van der Waals surface area (Å²) in [6.45, 7) is 8.24. The van der Waals surface area contributed by atoms with Gasteiger partial charge in [-0.05, 0) is 40.8 Å². The maximum atomic E-state index is 13.9. The van der Waals surface area contributed by atoms with E-state index < -0.39 is 18.3 Å². The molecule has 0 amide bonds. The van der Waals surface area contributed by atoms with Gasteiger partial charge < -0.3 is 14.6 Å². The molecule has 0 bridgehead atoms. The topological polar surface area (TPSA) is 43.4 Å². The predicted molar refractivity (Wildman–Crippen MR) is 72.7 cm³/mol. The van der Waals surface area contributed by atoms with Crippen molar-refractivity contribution in [2.45, 2.75) is 45.4 Å². The highest BCUT2D eigenvalue weighted by Crippen LogP contribution is 2.36. The molecule has 0 unspecified atom stereocenters. The Labute approximate surface area is 113 Å². The molecule has 0 atom stereocenters. The van der Waals surface area contributed by atoms with E-state index in [9.17, 15) is 4.39 Å². The molecule has 1 saturated heterocycles. The van der Waals surface area contributed by atoms with Crippen molar-refractivity contribution in [3.05, 3.63) is 23.6 Å². The van der Waals surface area contributed by atoms with Crippen molar-refractivity contribution in [2.24, 2.45) is 0 Å². The lowest BCUT2D eigenvalue weighted by atomic mass is 9.80. The van der Waals surface area contributed by atoms with Crippen LogP contribution in [0.25, 0.3) is 0 Å². The Morgan fingerprint density at radius 2 is 1.84 bits per heavy atom. The molecule has 1 N–H and O–H groups in total. The smallest absolute Gasteiger partial charge is 0.398 e. The molecule has 2 heterocycles. The van der Waals surface area contributed by atoms with E-state index in [0.717, 1.165) is 0 Å². The Balaban J connectivity index is 2.37. The van der Waals surface area contributed by atoms with Gasteiger partial charge in [0.05, 0.1) is 16.8 Å². The molecule has 19 heavy (non-hydrogen) atoms. The molecule has 4 nitrogen and oxygen atoms in total. The van der Waals surface area contributed by atoms with E-state index in [1.807, 2.05) is 27.7 Å². The standard InChI is InChI=1S/C13H20BFN2O2/c1-12(2)13(3,4)19-14(18-12)11-9(8-16-5)10(15)6-7-17-11/h6-7,16H,8H2,1-5H3. The van der Waals surface area contributed by atoms with Crippen LogP contribution in [0.5, 0.6) is 0 Å². The van der Waals surface area contributed by atoms with Crippen LogP contribution in [0.2, 0.25) is 0 Å². The van der Waals surface area contributed by atoms with Crippen LogP contribution in [0.15, 0.2) is 12.3 Å². The monoisotopic (exact) mass is 266 g/mol. The normalized spacial score (nSPS) is 20.8. The number of aromatic nitrogens is 1. The van der Waals surface area contributed by atoms with Gasteiger partial charge >= 0.3 is 7.12 Å². The number of nitrogens with zero attached hydrogens (tertiary/aromatic N) is 1. The van der Waals surface area contributed by atoms with Gasteiger partial charge in [-0.1, -0.05) is 0 Å². The fraction of sp³-hybridized carbons (Fsp3) is 0.615. The Kier molecular flexibility index (Phi) is 3.68. The van der Waals surface area contributed by atoms with Gasteiger partial charge in [0.2, 0.25) is 0 Å². The average molecular weight is 266 g/mol. The van der Waals surface area contributed by atoms with Gasteiger partial charge in [-0.3, -0.25) is 4.98 Å². The van der Waals surface area contributed by atoms with E-state index in [1.54, 1.807) is 7.05 Å². The predicted octanol–water partition coefficient (Wildman–Crippen LogP) is 1.24. The SMILES string of the molecule is CNCc1c(F)ccnc1B1OC(C)(C)C(C)(C)O1. The van der Waals surface area contributed by atoms with Gasteiger partial charge in [0.25, 0.3) is 0 Å². The van der Waals surface area contributed by atoms with Crippen molar-refractivity contribution in [1.82, 2.24) is 10.3 Å². The number of hydrogen-bond donors (Lipinski definition) is 1. The summed E-state index contributed by atoms with van der Waals surface area (Å²) in [5.74, 6) is -0.297. The molecular formula is C13H20BFN2O2. The Morgan fingerprint density at radius 1 is 1.26 bits per heavy atom. The fourth-order valence-corrected chi connectivity index (χ4v) is 1.99. The van der Waals surface area contributed by atoms with E-state index in [4.69, 9.17) is 9.31 Å². The van der Waals surface area contributed by atoms with E-state index in [1.165, 1.54) is 12.3 Å². The number of halogens is 1. The zero-order valence-electron chi connectivity index (χ0n) is 12.1. The van der Waals surface area contributed by atoms with Crippen LogP contribution in [0.1, 0.15) is 33.3 Å². The summed E-state index contributed by atoms with van der Waals surface area (Å²) in [6.07, 6.45) is 1.44. The lowest BCUT2D eigenvalue weighted by Crippen LogP contribution is -2.41. The third kappa shape index (κ3) is 2.52. The minimum Gasteiger partial charge on any atom is -0.398 e. The molecule has 1 aromatic rings. The van der Waals surface area contributed by atoms with Gasteiger partial charge in [0.1, 0.15) is 5.82 Å². The van der Waals surface area contributed by atoms with Gasteiger partial charge in [0.15, 0.2) is 0 Å². The van der Waals surface area contributed by atoms with Crippen LogP contribution in [0.4, 0.5) is 4.39 Å². The van der Waals surface area contributed by atoms with Crippen LogP contribution in [-0.2, 0) is 15.9 Å². The van der Waals surface area contributed by atoms with Gasteiger partial charge in [-0.2, -0.15) is 0 Å². The van der Waals surface area contributed by atoms with Crippen LogP contribution in [0, 0.1) is 5.82 Å². The fourth-order valence-electron chi connectivity index (χ4n) is 1.99. The Morgan fingerprint density at radius 3 is 2.37 bits per heavy atom. The first-order valence-electron chi connectivity index (χ1n) is 6.42. The van der Waals surface area contributed by atoms with Gasteiger partial charge in [-0.25, -0.2) is 4.39 Å². The summed E-state index contributed by atoms with van der Waals surface area (Å²) in [7, 11) is 1.13. The highest BCUT2D eigenvalue weighted by atomic mass is 19.1. The molecule has 2 rings (SSSR count).